The molecule has 0 aliphatic heterocycles. The van der Waals surface area contributed by atoms with Gasteiger partial charge in [-0.2, -0.15) is 23.5 Å². The van der Waals surface area contributed by atoms with Crippen LogP contribution >= 0.6 is 23.5 Å². The van der Waals surface area contributed by atoms with E-state index < -0.39 is 5.60 Å². The average Bonchev–Trinajstić information content (AvgIpc) is 2.93. The minimum absolute atomic E-state index is 0.139. The van der Waals surface area contributed by atoms with Gasteiger partial charge in [0, 0.05) is 24.6 Å². The third-order valence-corrected chi connectivity index (χ3v) is 9.88. The zero-order valence-corrected chi connectivity index (χ0v) is 30.1. The number of ether oxygens (including phenoxy) is 1. The van der Waals surface area contributed by atoms with E-state index in [1.165, 1.54) is 77.0 Å². The predicted molar refractivity (Wildman–Crippen MR) is 188 cm³/mol. The molecule has 0 bridgehead atoms. The topological polar surface area (TPSA) is 70.0 Å². The van der Waals surface area contributed by atoms with Crippen LogP contribution in [0.25, 0.3) is 0 Å². The molecule has 0 spiro atoms. The van der Waals surface area contributed by atoms with Crippen molar-refractivity contribution in [3.05, 3.63) is 0 Å². The molecule has 0 heterocycles. The summed E-state index contributed by atoms with van der Waals surface area (Å²) in [6.07, 6.45) is 22.9. The van der Waals surface area contributed by atoms with Crippen molar-refractivity contribution in [3.8, 4) is 0 Å². The number of unbranched alkanes of at least 4 members (excludes halogenated alkanes) is 14. The van der Waals surface area contributed by atoms with Gasteiger partial charge in [0.1, 0.15) is 5.60 Å². The van der Waals surface area contributed by atoms with Gasteiger partial charge in [-0.05, 0) is 70.8 Å². The van der Waals surface area contributed by atoms with Gasteiger partial charge >= 0.3 is 6.09 Å². The largest absolute Gasteiger partial charge is 0.444 e. The van der Waals surface area contributed by atoms with Crippen molar-refractivity contribution < 1.29 is 19.7 Å². The van der Waals surface area contributed by atoms with Gasteiger partial charge in [-0.3, -0.25) is 0 Å². The number of carbonyl (C=O) groups excluding carboxylic acids is 1. The molecule has 1 amide bonds. The summed E-state index contributed by atoms with van der Waals surface area (Å²) in [5.74, 6) is 4.02. The lowest BCUT2D eigenvalue weighted by atomic mass is 10.1. The number of amides is 1. The van der Waals surface area contributed by atoms with Gasteiger partial charge in [-0.15, -0.1) is 0 Å². The van der Waals surface area contributed by atoms with Crippen molar-refractivity contribution >= 4 is 29.6 Å². The molecule has 5 nitrogen and oxygen atoms in total. The normalized spacial score (nSPS) is 13.3. The van der Waals surface area contributed by atoms with Crippen molar-refractivity contribution in [2.24, 2.45) is 0 Å². The third-order valence-electron chi connectivity index (χ3n) is 7.49. The van der Waals surface area contributed by atoms with Crippen molar-refractivity contribution in [1.29, 1.82) is 0 Å². The van der Waals surface area contributed by atoms with Gasteiger partial charge in [0.2, 0.25) is 0 Å². The first-order valence-electron chi connectivity index (χ1n) is 17.7. The summed E-state index contributed by atoms with van der Waals surface area (Å²) in [7, 11) is 0. The Morgan fingerprint density at radius 2 is 1.00 bits per heavy atom. The van der Waals surface area contributed by atoms with Crippen LogP contribution in [0.4, 0.5) is 4.79 Å². The molecule has 7 heteroatoms. The van der Waals surface area contributed by atoms with Crippen molar-refractivity contribution in [3.63, 3.8) is 0 Å². The summed E-state index contributed by atoms with van der Waals surface area (Å²) in [6.45, 7) is 11.8. The highest BCUT2D eigenvalue weighted by atomic mass is 32.2. The van der Waals surface area contributed by atoms with Crippen LogP contribution < -0.4 is 0 Å². The van der Waals surface area contributed by atoms with E-state index in [0.29, 0.717) is 0 Å². The number of aliphatic hydroxyl groups is 2. The van der Waals surface area contributed by atoms with Crippen molar-refractivity contribution in [1.82, 2.24) is 4.90 Å². The number of aliphatic hydroxyl groups excluding tert-OH is 2. The van der Waals surface area contributed by atoms with Crippen molar-refractivity contribution in [2.75, 3.05) is 36.1 Å². The van der Waals surface area contributed by atoms with Gasteiger partial charge in [0.15, 0.2) is 0 Å². The fourth-order valence-electron chi connectivity index (χ4n) is 4.91. The van der Waals surface area contributed by atoms with E-state index in [9.17, 15) is 15.0 Å². The molecule has 0 aliphatic carbocycles. The van der Waals surface area contributed by atoms with Crippen LogP contribution in [0.2, 0.25) is 0 Å². The standard InChI is InChI=1S/C35H71NO4S2/c1-6-8-10-18-24-32(37)30-41-28-22-16-12-14-20-26-36(34(39)40-35(3,4)5)27-21-15-13-17-23-29-42-31-33(38)25-19-11-9-7-2/h32-33,37-38H,6-31H2,1-5H3. The number of carbonyl (C=O) groups is 1. The minimum atomic E-state index is -0.461. The molecule has 2 atom stereocenters. The molecule has 0 fully saturated rings. The van der Waals surface area contributed by atoms with Gasteiger partial charge in [0.25, 0.3) is 0 Å². The summed E-state index contributed by atoms with van der Waals surface area (Å²) in [6, 6.07) is 0. The molecule has 42 heavy (non-hydrogen) atoms. The van der Waals surface area contributed by atoms with Crippen LogP contribution in [0.15, 0.2) is 0 Å². The van der Waals surface area contributed by atoms with E-state index in [0.717, 1.165) is 87.5 Å². The lowest BCUT2D eigenvalue weighted by Gasteiger charge is -2.27. The van der Waals surface area contributed by atoms with E-state index >= 15 is 0 Å². The second-order valence-corrected chi connectivity index (χ2v) is 15.5. The molecule has 0 rings (SSSR count). The molecule has 0 saturated heterocycles. The minimum Gasteiger partial charge on any atom is -0.444 e. The summed E-state index contributed by atoms with van der Waals surface area (Å²) in [5.41, 5.74) is -0.461. The monoisotopic (exact) mass is 633 g/mol. The molecule has 0 aromatic rings. The van der Waals surface area contributed by atoms with E-state index in [1.54, 1.807) is 0 Å². The third kappa shape index (κ3) is 29.9. The Kier molecular flexibility index (Phi) is 29.5. The SMILES string of the molecule is CCCCCCC(O)CSCCCCCCCN(CCCCCCCSCC(O)CCCCCC)C(=O)OC(C)(C)C. The molecule has 252 valence electrons. The summed E-state index contributed by atoms with van der Waals surface area (Å²) in [4.78, 5) is 14.7. The highest BCUT2D eigenvalue weighted by Gasteiger charge is 2.21. The Morgan fingerprint density at radius 3 is 1.40 bits per heavy atom. The Bertz CT molecular complexity index is 552. The Morgan fingerprint density at radius 1 is 0.619 bits per heavy atom. The van der Waals surface area contributed by atoms with Gasteiger partial charge in [-0.1, -0.05) is 104 Å². The number of thioether (sulfide) groups is 2. The summed E-state index contributed by atoms with van der Waals surface area (Å²) in [5, 5.41) is 20.2. The molecule has 0 aromatic heterocycles. The highest BCUT2D eigenvalue weighted by Crippen LogP contribution is 2.17. The first-order valence-corrected chi connectivity index (χ1v) is 20.0. The van der Waals surface area contributed by atoms with Crippen molar-refractivity contribution in [2.45, 2.75) is 181 Å². The number of hydrogen-bond acceptors (Lipinski definition) is 6. The lowest BCUT2D eigenvalue weighted by molar-refractivity contribution is 0.0243. The van der Waals surface area contributed by atoms with Gasteiger partial charge in [-0.25, -0.2) is 4.79 Å². The average molecular weight is 634 g/mol. The Balaban J connectivity index is 3.95. The maximum atomic E-state index is 12.8. The molecule has 0 aliphatic rings. The molecule has 0 saturated carbocycles. The van der Waals surface area contributed by atoms with E-state index in [2.05, 4.69) is 13.8 Å². The number of hydrogen-bond donors (Lipinski definition) is 2. The van der Waals surface area contributed by atoms with E-state index in [4.69, 9.17) is 4.74 Å². The quantitative estimate of drug-likeness (QED) is 0.0767. The predicted octanol–water partition coefficient (Wildman–Crippen LogP) is 10.3. The molecule has 2 N–H and O–H groups in total. The van der Waals surface area contributed by atoms with Crippen LogP contribution in [-0.4, -0.2) is 75.1 Å². The Labute approximate surface area is 270 Å². The second kappa shape index (κ2) is 29.6. The maximum absolute atomic E-state index is 12.8. The van der Waals surface area contributed by atoms with Gasteiger partial charge < -0.3 is 19.8 Å². The first kappa shape index (κ1) is 41.9. The number of rotatable bonds is 30. The zero-order valence-electron chi connectivity index (χ0n) is 28.5. The zero-order chi connectivity index (χ0) is 31.3. The van der Waals surface area contributed by atoms with Crippen LogP contribution in [-0.2, 0) is 4.74 Å². The summed E-state index contributed by atoms with van der Waals surface area (Å²) >= 11 is 3.79. The van der Waals surface area contributed by atoms with Gasteiger partial charge in [0.05, 0.1) is 12.2 Å². The second-order valence-electron chi connectivity index (χ2n) is 13.2. The first-order chi connectivity index (χ1) is 20.2. The molecular weight excluding hydrogens is 563 g/mol. The lowest BCUT2D eigenvalue weighted by Crippen LogP contribution is -2.38. The fraction of sp³-hybridized carbons (Fsp3) is 0.971. The van der Waals surface area contributed by atoms with E-state index in [-0.39, 0.29) is 18.3 Å². The maximum Gasteiger partial charge on any atom is 0.410 e. The van der Waals surface area contributed by atoms with E-state index in [1.807, 2.05) is 49.2 Å². The molecular formula is C35H71NO4S2. The van der Waals surface area contributed by atoms with Crippen LogP contribution in [0, 0.1) is 0 Å². The van der Waals surface area contributed by atoms with Crippen LogP contribution in [0.1, 0.15) is 163 Å². The molecule has 0 radical (unpaired) electrons. The summed E-state index contributed by atoms with van der Waals surface area (Å²) < 4.78 is 5.70. The smallest absolute Gasteiger partial charge is 0.410 e. The van der Waals surface area contributed by atoms with Crippen LogP contribution in [0.3, 0.4) is 0 Å². The van der Waals surface area contributed by atoms with Crippen LogP contribution in [0.5, 0.6) is 0 Å². The fourth-order valence-corrected chi connectivity index (χ4v) is 6.94. The highest BCUT2D eigenvalue weighted by molar-refractivity contribution is 7.99. The number of nitrogens with zero attached hydrogens (tertiary/aromatic N) is 1. The Hall–Kier alpha value is -0.110. The molecule has 2 unspecified atom stereocenters. The molecule has 0 aromatic carbocycles.